The largest absolute Gasteiger partial charge is 0.346 e. The van der Waals surface area contributed by atoms with Crippen LogP contribution in [0.5, 0.6) is 0 Å². The van der Waals surface area contributed by atoms with Gasteiger partial charge in [0.25, 0.3) is 0 Å². The maximum atomic E-state index is 12.9. The molecular weight excluding hydrogens is 308 g/mol. The highest BCUT2D eigenvalue weighted by atomic mass is 32.1. The second-order valence-corrected chi connectivity index (χ2v) is 7.96. The Morgan fingerprint density at radius 1 is 1.00 bits per heavy atom. The van der Waals surface area contributed by atoms with Gasteiger partial charge in [-0.1, -0.05) is 12.8 Å². The van der Waals surface area contributed by atoms with Crippen LogP contribution in [0.25, 0.3) is 0 Å². The summed E-state index contributed by atoms with van der Waals surface area (Å²) in [4.78, 5) is 22.0. The lowest BCUT2D eigenvalue weighted by Crippen LogP contribution is -2.45. The minimum absolute atomic E-state index is 0.148. The van der Waals surface area contributed by atoms with E-state index >= 15 is 0 Å². The van der Waals surface area contributed by atoms with Crippen LogP contribution < -0.4 is 4.90 Å². The van der Waals surface area contributed by atoms with Gasteiger partial charge in [0.1, 0.15) is 5.82 Å². The van der Waals surface area contributed by atoms with Crippen LogP contribution in [-0.4, -0.2) is 46.3 Å². The number of hydrogen-bond donors (Lipinski definition) is 0. The lowest BCUT2D eigenvalue weighted by molar-refractivity contribution is -0.135. The van der Waals surface area contributed by atoms with Gasteiger partial charge in [-0.3, -0.25) is 4.79 Å². The molecule has 1 amide bonds. The van der Waals surface area contributed by atoms with E-state index in [1.54, 1.807) is 0 Å². The summed E-state index contributed by atoms with van der Waals surface area (Å²) in [5.41, 5.74) is 0. The van der Waals surface area contributed by atoms with Gasteiger partial charge >= 0.3 is 0 Å². The van der Waals surface area contributed by atoms with Crippen molar-refractivity contribution in [2.45, 2.75) is 57.3 Å². The van der Waals surface area contributed by atoms with Crippen molar-refractivity contribution < 1.29 is 4.79 Å². The van der Waals surface area contributed by atoms with Crippen LogP contribution in [0.4, 0.5) is 5.13 Å². The van der Waals surface area contributed by atoms with Gasteiger partial charge in [0.05, 0.1) is 5.92 Å². The predicted molar refractivity (Wildman–Crippen MR) is 91.9 cm³/mol. The topological polar surface area (TPSA) is 49.3 Å². The first-order valence-corrected chi connectivity index (χ1v) is 9.96. The predicted octanol–water partition coefficient (Wildman–Crippen LogP) is 3.03. The van der Waals surface area contributed by atoms with Crippen LogP contribution in [0.15, 0.2) is 0 Å². The number of nitrogens with zero attached hydrogens (tertiary/aromatic N) is 4. The van der Waals surface area contributed by atoms with Crippen molar-refractivity contribution in [1.82, 2.24) is 14.3 Å². The Hall–Kier alpha value is -1.17. The Labute approximate surface area is 142 Å². The van der Waals surface area contributed by atoms with E-state index < -0.39 is 0 Å². The van der Waals surface area contributed by atoms with Crippen LogP contribution >= 0.6 is 11.5 Å². The molecule has 4 rings (SSSR count). The maximum Gasteiger partial charge on any atom is 0.227 e. The Bertz CT molecular complexity index is 549. The summed E-state index contributed by atoms with van der Waals surface area (Å²) in [6.07, 6.45) is 9.48. The first-order chi connectivity index (χ1) is 11.3. The molecule has 0 spiro atoms. The second-order valence-electron chi connectivity index (χ2n) is 7.23. The average Bonchev–Trinajstić information content (AvgIpc) is 3.38. The molecule has 3 fully saturated rings. The van der Waals surface area contributed by atoms with Crippen molar-refractivity contribution in [2.75, 3.05) is 31.1 Å². The van der Waals surface area contributed by atoms with Gasteiger partial charge in [-0.2, -0.15) is 4.37 Å². The molecule has 0 aromatic carbocycles. The standard InChI is InChI=1S/C17H26N4OS/c22-16(20-9-3-1-2-4-10-20)14-6-5-11-21(12-14)17-18-15(19-23-17)13-7-8-13/h13-14H,1-12H2. The summed E-state index contributed by atoms with van der Waals surface area (Å²) < 4.78 is 4.52. The Balaban J connectivity index is 1.40. The number of likely N-dealkylation sites (tertiary alicyclic amines) is 1. The van der Waals surface area contributed by atoms with Crippen LogP contribution in [-0.2, 0) is 4.79 Å². The molecule has 3 aliphatic rings. The van der Waals surface area contributed by atoms with E-state index in [2.05, 4.69) is 14.2 Å². The van der Waals surface area contributed by atoms with E-state index in [4.69, 9.17) is 4.98 Å². The number of piperidine rings is 1. The number of rotatable bonds is 3. The number of carbonyl (C=O) groups excluding carboxylic acids is 1. The maximum absolute atomic E-state index is 12.9. The van der Waals surface area contributed by atoms with Crippen LogP contribution in [0.2, 0.25) is 0 Å². The fourth-order valence-electron chi connectivity index (χ4n) is 3.76. The SMILES string of the molecule is O=C(C1CCCN(c2nc(C3CC3)ns2)C1)N1CCCCCC1. The lowest BCUT2D eigenvalue weighted by Gasteiger charge is -2.34. The highest BCUT2D eigenvalue weighted by molar-refractivity contribution is 7.09. The molecule has 5 nitrogen and oxygen atoms in total. The Morgan fingerprint density at radius 3 is 2.52 bits per heavy atom. The van der Waals surface area contributed by atoms with Crippen molar-refractivity contribution in [1.29, 1.82) is 0 Å². The van der Waals surface area contributed by atoms with Gasteiger partial charge in [0.2, 0.25) is 11.0 Å². The Morgan fingerprint density at radius 2 is 1.78 bits per heavy atom. The molecule has 1 aliphatic carbocycles. The minimum Gasteiger partial charge on any atom is -0.346 e. The molecule has 3 heterocycles. The van der Waals surface area contributed by atoms with Crippen LogP contribution in [0.1, 0.15) is 63.1 Å². The van der Waals surface area contributed by atoms with Gasteiger partial charge in [0, 0.05) is 43.6 Å². The van der Waals surface area contributed by atoms with E-state index in [1.165, 1.54) is 50.1 Å². The van der Waals surface area contributed by atoms with Gasteiger partial charge < -0.3 is 9.80 Å². The van der Waals surface area contributed by atoms with Crippen molar-refractivity contribution in [3.63, 3.8) is 0 Å². The molecular formula is C17H26N4OS. The Kier molecular flexibility index (Phi) is 4.51. The fourth-order valence-corrected chi connectivity index (χ4v) is 4.54. The third-order valence-corrected chi connectivity index (χ3v) is 6.12. The first kappa shape index (κ1) is 15.4. The van der Waals surface area contributed by atoms with Crippen molar-refractivity contribution in [2.24, 2.45) is 5.92 Å². The molecule has 1 atom stereocenters. The lowest BCUT2D eigenvalue weighted by atomic mass is 9.96. The quantitative estimate of drug-likeness (QED) is 0.852. The summed E-state index contributed by atoms with van der Waals surface area (Å²) in [6.45, 7) is 3.76. The molecule has 1 aromatic rings. The molecule has 0 N–H and O–H groups in total. The van der Waals surface area contributed by atoms with E-state index in [0.29, 0.717) is 11.8 Å². The highest BCUT2D eigenvalue weighted by Crippen LogP contribution is 2.40. The number of aromatic nitrogens is 2. The molecule has 1 aromatic heterocycles. The fraction of sp³-hybridized carbons (Fsp3) is 0.824. The number of anilines is 1. The van der Waals surface area contributed by atoms with Crippen LogP contribution in [0.3, 0.4) is 0 Å². The third-order valence-electron chi connectivity index (χ3n) is 5.33. The monoisotopic (exact) mass is 334 g/mol. The van der Waals surface area contributed by atoms with Crippen LogP contribution in [0, 0.1) is 5.92 Å². The molecule has 0 radical (unpaired) electrons. The van der Waals surface area contributed by atoms with E-state index in [-0.39, 0.29) is 5.92 Å². The van der Waals surface area contributed by atoms with Gasteiger partial charge in [-0.25, -0.2) is 4.98 Å². The summed E-state index contributed by atoms with van der Waals surface area (Å²) >= 11 is 1.52. The molecule has 23 heavy (non-hydrogen) atoms. The molecule has 0 bridgehead atoms. The molecule has 1 saturated carbocycles. The number of carbonyl (C=O) groups is 1. The number of amides is 1. The smallest absolute Gasteiger partial charge is 0.227 e. The number of hydrogen-bond acceptors (Lipinski definition) is 5. The van der Waals surface area contributed by atoms with Crippen molar-refractivity contribution in [3.05, 3.63) is 5.82 Å². The molecule has 1 unspecified atom stereocenters. The van der Waals surface area contributed by atoms with E-state index in [0.717, 1.165) is 50.0 Å². The summed E-state index contributed by atoms with van der Waals surface area (Å²) in [5.74, 6) is 2.17. The molecule has 6 heteroatoms. The normalized spacial score (nSPS) is 26.2. The highest BCUT2D eigenvalue weighted by Gasteiger charge is 2.32. The van der Waals surface area contributed by atoms with Crippen molar-refractivity contribution in [3.8, 4) is 0 Å². The van der Waals surface area contributed by atoms with Gasteiger partial charge in [-0.05, 0) is 38.5 Å². The first-order valence-electron chi connectivity index (χ1n) is 9.18. The molecule has 2 aliphatic heterocycles. The molecule has 126 valence electrons. The van der Waals surface area contributed by atoms with Gasteiger partial charge in [0.15, 0.2) is 0 Å². The summed E-state index contributed by atoms with van der Waals surface area (Å²) in [6, 6.07) is 0. The second kappa shape index (κ2) is 6.75. The minimum atomic E-state index is 0.148. The summed E-state index contributed by atoms with van der Waals surface area (Å²) in [5, 5.41) is 1.03. The zero-order valence-electron chi connectivity index (χ0n) is 13.7. The van der Waals surface area contributed by atoms with E-state index in [9.17, 15) is 4.79 Å². The van der Waals surface area contributed by atoms with Gasteiger partial charge in [-0.15, -0.1) is 0 Å². The third kappa shape index (κ3) is 3.52. The summed E-state index contributed by atoms with van der Waals surface area (Å²) in [7, 11) is 0. The zero-order valence-corrected chi connectivity index (χ0v) is 14.6. The average molecular weight is 334 g/mol. The van der Waals surface area contributed by atoms with Crippen molar-refractivity contribution >= 4 is 22.6 Å². The van der Waals surface area contributed by atoms with E-state index in [1.807, 2.05) is 0 Å². The zero-order chi connectivity index (χ0) is 15.6. The molecule has 2 saturated heterocycles.